The molecule has 0 aliphatic heterocycles. The topological polar surface area (TPSA) is 119 Å². The summed E-state index contributed by atoms with van der Waals surface area (Å²) in [6.45, 7) is 1.46. The van der Waals surface area contributed by atoms with Crippen LogP contribution in [0.25, 0.3) is 0 Å². The monoisotopic (exact) mass is 429 g/mol. The van der Waals surface area contributed by atoms with E-state index in [0.29, 0.717) is 13.2 Å². The normalized spacial score (nSPS) is 11.8. The van der Waals surface area contributed by atoms with Gasteiger partial charge >= 0.3 is 0 Å². The maximum atomic E-state index is 11.8. The number of nitrogens with two attached hydrogens (primary N) is 1. The van der Waals surface area contributed by atoms with Gasteiger partial charge in [0.15, 0.2) is 5.96 Å². The molecule has 0 aliphatic carbocycles. The molecule has 1 heterocycles. The minimum Gasteiger partial charge on any atom is -0.383 e. The van der Waals surface area contributed by atoms with Crippen molar-refractivity contribution in [2.24, 2.45) is 10.7 Å². The molecule has 0 bridgehead atoms. The number of nitrogens with zero attached hydrogens (tertiary/aromatic N) is 2. The van der Waals surface area contributed by atoms with Crippen LogP contribution in [0.5, 0.6) is 0 Å². The second-order valence-electron chi connectivity index (χ2n) is 3.77. The molecular weight excluding hydrogens is 409 g/mol. The van der Waals surface area contributed by atoms with Gasteiger partial charge in [0.1, 0.15) is 4.90 Å². The first-order valence-corrected chi connectivity index (χ1v) is 7.47. The lowest BCUT2D eigenvalue weighted by Crippen LogP contribution is -2.35. The zero-order valence-electron chi connectivity index (χ0n) is 11.7. The fourth-order valence-electron chi connectivity index (χ4n) is 1.28. The van der Waals surface area contributed by atoms with Crippen LogP contribution in [-0.2, 0) is 14.8 Å². The average molecular weight is 429 g/mol. The Labute approximate surface area is 141 Å². The van der Waals surface area contributed by atoms with Crippen LogP contribution in [0.1, 0.15) is 0 Å². The van der Waals surface area contributed by atoms with Crippen LogP contribution in [0.15, 0.2) is 34.4 Å². The summed E-state index contributed by atoms with van der Waals surface area (Å²) in [7, 11) is -1.96. The number of halogens is 1. The molecule has 0 saturated carbocycles. The number of sulfonamides is 1. The number of hydrogen-bond acceptors (Lipinski definition) is 5. The molecular formula is C11H20IN5O3S. The van der Waals surface area contributed by atoms with E-state index in [0.717, 1.165) is 0 Å². The molecule has 0 amide bonds. The summed E-state index contributed by atoms with van der Waals surface area (Å²) in [5.41, 5.74) is 5.57. The Kier molecular flexibility index (Phi) is 10.2. The Bertz CT molecular complexity index is 524. The van der Waals surface area contributed by atoms with E-state index in [4.69, 9.17) is 10.5 Å². The zero-order valence-corrected chi connectivity index (χ0v) is 14.8. The zero-order chi connectivity index (χ0) is 14.8. The molecule has 0 aromatic carbocycles. The van der Waals surface area contributed by atoms with Crippen molar-refractivity contribution >= 4 is 40.0 Å². The third-order valence-electron chi connectivity index (χ3n) is 2.24. The molecule has 120 valence electrons. The molecule has 0 radical (unpaired) electrons. The number of ether oxygens (including phenoxy) is 1. The van der Waals surface area contributed by atoms with E-state index in [1.54, 1.807) is 13.2 Å². The molecule has 0 atom stereocenters. The first kappa shape index (κ1) is 20.0. The number of nitrogens with one attached hydrogen (secondary N) is 2. The number of guanidine groups is 1. The van der Waals surface area contributed by atoms with E-state index in [-0.39, 0.29) is 47.9 Å². The van der Waals surface area contributed by atoms with Crippen molar-refractivity contribution in [1.29, 1.82) is 0 Å². The molecule has 1 aromatic heterocycles. The maximum absolute atomic E-state index is 11.8. The molecule has 0 saturated heterocycles. The van der Waals surface area contributed by atoms with E-state index in [1.807, 2.05) is 0 Å². The van der Waals surface area contributed by atoms with Gasteiger partial charge in [-0.2, -0.15) is 0 Å². The van der Waals surface area contributed by atoms with E-state index < -0.39 is 10.0 Å². The Balaban J connectivity index is 0.00000400. The van der Waals surface area contributed by atoms with Gasteiger partial charge < -0.3 is 15.8 Å². The van der Waals surface area contributed by atoms with Gasteiger partial charge in [-0.05, 0) is 12.1 Å². The summed E-state index contributed by atoms with van der Waals surface area (Å²) in [6, 6.07) is 3.03. The van der Waals surface area contributed by atoms with Gasteiger partial charge in [0.05, 0.1) is 13.2 Å². The van der Waals surface area contributed by atoms with Crippen LogP contribution in [0.2, 0.25) is 0 Å². The SMILES string of the molecule is COCCNC(N)=NCCNS(=O)(=O)c1cccnc1.I. The van der Waals surface area contributed by atoms with E-state index in [9.17, 15) is 8.42 Å². The molecule has 4 N–H and O–H groups in total. The van der Waals surface area contributed by atoms with E-state index in [1.165, 1.54) is 18.5 Å². The summed E-state index contributed by atoms with van der Waals surface area (Å²) in [6.07, 6.45) is 2.79. The van der Waals surface area contributed by atoms with Crippen molar-refractivity contribution in [3.63, 3.8) is 0 Å². The first-order valence-electron chi connectivity index (χ1n) is 5.98. The highest BCUT2D eigenvalue weighted by molar-refractivity contribution is 14.0. The van der Waals surface area contributed by atoms with Gasteiger partial charge in [0.2, 0.25) is 10.0 Å². The van der Waals surface area contributed by atoms with Gasteiger partial charge in [-0.3, -0.25) is 9.98 Å². The van der Waals surface area contributed by atoms with Crippen LogP contribution in [0.4, 0.5) is 0 Å². The molecule has 21 heavy (non-hydrogen) atoms. The van der Waals surface area contributed by atoms with Gasteiger partial charge in [0, 0.05) is 32.6 Å². The molecule has 0 aliphatic rings. The van der Waals surface area contributed by atoms with Gasteiger partial charge in [-0.25, -0.2) is 13.1 Å². The quantitative estimate of drug-likeness (QED) is 0.223. The lowest BCUT2D eigenvalue weighted by atomic mass is 10.5. The van der Waals surface area contributed by atoms with Crippen LogP contribution in [0, 0.1) is 0 Å². The number of pyridine rings is 1. The summed E-state index contributed by atoms with van der Waals surface area (Å²) in [4.78, 5) is 7.86. The van der Waals surface area contributed by atoms with Crippen LogP contribution < -0.4 is 15.8 Å². The Morgan fingerprint density at radius 3 is 2.86 bits per heavy atom. The maximum Gasteiger partial charge on any atom is 0.242 e. The predicted octanol–water partition coefficient (Wildman–Crippen LogP) is -0.471. The van der Waals surface area contributed by atoms with Crippen molar-refractivity contribution in [1.82, 2.24) is 15.0 Å². The highest BCUT2D eigenvalue weighted by Gasteiger charge is 2.12. The number of aromatic nitrogens is 1. The number of rotatable bonds is 8. The number of methoxy groups -OCH3 is 1. The predicted molar refractivity (Wildman–Crippen MR) is 91.2 cm³/mol. The summed E-state index contributed by atoms with van der Waals surface area (Å²) in [5, 5.41) is 2.83. The second-order valence-corrected chi connectivity index (χ2v) is 5.54. The van der Waals surface area contributed by atoms with Gasteiger partial charge in [0.25, 0.3) is 0 Å². The Morgan fingerprint density at radius 2 is 2.24 bits per heavy atom. The molecule has 10 heteroatoms. The summed E-state index contributed by atoms with van der Waals surface area (Å²) < 4.78 is 30.9. The molecule has 1 aromatic rings. The molecule has 0 fully saturated rings. The molecule has 0 spiro atoms. The molecule has 1 rings (SSSR count). The lowest BCUT2D eigenvalue weighted by molar-refractivity contribution is 0.204. The van der Waals surface area contributed by atoms with Crippen molar-refractivity contribution < 1.29 is 13.2 Å². The van der Waals surface area contributed by atoms with Crippen LogP contribution in [0.3, 0.4) is 0 Å². The van der Waals surface area contributed by atoms with Crippen LogP contribution in [-0.4, -0.2) is 52.7 Å². The minimum absolute atomic E-state index is 0. The molecule has 8 nitrogen and oxygen atoms in total. The lowest BCUT2D eigenvalue weighted by Gasteiger charge is -2.06. The minimum atomic E-state index is -3.54. The van der Waals surface area contributed by atoms with Crippen LogP contribution >= 0.6 is 24.0 Å². The first-order chi connectivity index (χ1) is 9.56. The average Bonchev–Trinajstić information content (AvgIpc) is 2.45. The van der Waals surface area contributed by atoms with Crippen molar-refractivity contribution in [3.8, 4) is 0 Å². The standard InChI is InChI=1S/C11H19N5O3S.HI/c1-19-8-7-15-11(12)14-5-6-16-20(17,18)10-3-2-4-13-9-10;/h2-4,9,16H,5-8H2,1H3,(H3,12,14,15);1H. The van der Waals surface area contributed by atoms with Crippen molar-refractivity contribution in [2.45, 2.75) is 4.90 Å². The van der Waals surface area contributed by atoms with Crippen molar-refractivity contribution in [3.05, 3.63) is 24.5 Å². The molecule has 0 unspecified atom stereocenters. The van der Waals surface area contributed by atoms with Crippen molar-refractivity contribution in [2.75, 3.05) is 33.4 Å². The Hall–Kier alpha value is -0.980. The van der Waals surface area contributed by atoms with Gasteiger partial charge in [-0.15, -0.1) is 24.0 Å². The summed E-state index contributed by atoms with van der Waals surface area (Å²) in [5.74, 6) is 0.252. The highest BCUT2D eigenvalue weighted by Crippen LogP contribution is 2.04. The number of hydrogen-bond donors (Lipinski definition) is 3. The second kappa shape index (κ2) is 10.7. The third kappa shape index (κ3) is 8.14. The summed E-state index contributed by atoms with van der Waals surface area (Å²) >= 11 is 0. The van der Waals surface area contributed by atoms with E-state index in [2.05, 4.69) is 20.0 Å². The fourth-order valence-corrected chi connectivity index (χ4v) is 2.27. The smallest absolute Gasteiger partial charge is 0.242 e. The third-order valence-corrected chi connectivity index (χ3v) is 3.69. The van der Waals surface area contributed by atoms with Gasteiger partial charge in [-0.1, -0.05) is 0 Å². The van der Waals surface area contributed by atoms with E-state index >= 15 is 0 Å². The fraction of sp³-hybridized carbons (Fsp3) is 0.455. The number of aliphatic imine (C=N–C) groups is 1. The highest BCUT2D eigenvalue weighted by atomic mass is 127. The Morgan fingerprint density at radius 1 is 1.48 bits per heavy atom. The largest absolute Gasteiger partial charge is 0.383 e.